The molecule has 2 aromatic rings. The Morgan fingerprint density at radius 1 is 1.40 bits per heavy atom. The average Bonchev–Trinajstić information content (AvgIpc) is 2.45. The highest BCUT2D eigenvalue weighted by molar-refractivity contribution is 6.30. The summed E-state index contributed by atoms with van der Waals surface area (Å²) in [5.41, 5.74) is 1.83. The van der Waals surface area contributed by atoms with E-state index in [1.807, 2.05) is 43.1 Å². The van der Waals surface area contributed by atoms with Gasteiger partial charge in [0.25, 0.3) is 0 Å². The van der Waals surface area contributed by atoms with Crippen molar-refractivity contribution < 1.29 is 9.90 Å². The number of anilines is 1. The monoisotopic (exact) mass is 290 g/mol. The Hall–Kier alpha value is -2.07. The topological polar surface area (TPSA) is 53.4 Å². The number of aromatic nitrogens is 1. The molecule has 1 aromatic carbocycles. The lowest BCUT2D eigenvalue weighted by molar-refractivity contribution is 0.0697. The van der Waals surface area contributed by atoms with Crippen LogP contribution in [0, 0.1) is 0 Å². The van der Waals surface area contributed by atoms with Crippen molar-refractivity contribution in [3.63, 3.8) is 0 Å². The van der Waals surface area contributed by atoms with Crippen LogP contribution in [0.25, 0.3) is 0 Å². The maximum Gasteiger partial charge on any atom is 0.339 e. The van der Waals surface area contributed by atoms with Crippen LogP contribution >= 0.6 is 11.6 Å². The number of hydrogen-bond acceptors (Lipinski definition) is 3. The van der Waals surface area contributed by atoms with Crippen LogP contribution in [0.1, 0.15) is 28.9 Å². The van der Waals surface area contributed by atoms with Crippen molar-refractivity contribution in [1.29, 1.82) is 0 Å². The molecular formula is C15H15ClN2O2. The van der Waals surface area contributed by atoms with Crippen molar-refractivity contribution in [1.82, 2.24) is 4.98 Å². The first kappa shape index (κ1) is 14.3. The van der Waals surface area contributed by atoms with E-state index in [0.29, 0.717) is 10.7 Å². The first-order chi connectivity index (χ1) is 9.50. The first-order valence-corrected chi connectivity index (χ1v) is 6.54. The molecule has 0 bridgehead atoms. The van der Waals surface area contributed by atoms with Crippen molar-refractivity contribution in [2.45, 2.75) is 13.0 Å². The van der Waals surface area contributed by atoms with Gasteiger partial charge >= 0.3 is 5.97 Å². The van der Waals surface area contributed by atoms with Gasteiger partial charge in [0.1, 0.15) is 5.56 Å². The molecule has 1 aromatic heterocycles. The van der Waals surface area contributed by atoms with Crippen LogP contribution in [0.5, 0.6) is 0 Å². The molecule has 104 valence electrons. The second-order valence-corrected chi connectivity index (χ2v) is 4.98. The Bertz CT molecular complexity index is 631. The number of hydrogen-bond donors (Lipinski definition) is 1. The molecule has 0 aliphatic heterocycles. The van der Waals surface area contributed by atoms with E-state index in [1.165, 1.54) is 6.20 Å². The zero-order valence-corrected chi connectivity index (χ0v) is 12.0. The molecule has 4 nitrogen and oxygen atoms in total. The molecule has 0 aliphatic carbocycles. The fraction of sp³-hybridized carbons (Fsp3) is 0.200. The zero-order chi connectivity index (χ0) is 14.7. The average molecular weight is 291 g/mol. The van der Waals surface area contributed by atoms with Crippen LogP contribution in [0.15, 0.2) is 42.7 Å². The third kappa shape index (κ3) is 2.91. The predicted molar refractivity (Wildman–Crippen MR) is 79.5 cm³/mol. The van der Waals surface area contributed by atoms with Crippen molar-refractivity contribution in [3.05, 3.63) is 58.9 Å². The molecule has 2 rings (SSSR count). The summed E-state index contributed by atoms with van der Waals surface area (Å²) in [6, 6.07) is 9.23. The Morgan fingerprint density at radius 2 is 2.15 bits per heavy atom. The third-order valence-corrected chi connectivity index (χ3v) is 3.56. The van der Waals surface area contributed by atoms with Gasteiger partial charge in [0.05, 0.1) is 11.7 Å². The molecule has 0 saturated heterocycles. The number of rotatable bonds is 4. The van der Waals surface area contributed by atoms with Gasteiger partial charge in [-0.2, -0.15) is 0 Å². The number of carbonyl (C=O) groups is 1. The Balaban J connectivity index is 2.36. The summed E-state index contributed by atoms with van der Waals surface area (Å²) in [5, 5.41) is 9.89. The second-order valence-electron chi connectivity index (χ2n) is 4.54. The molecule has 0 aliphatic rings. The van der Waals surface area contributed by atoms with E-state index in [-0.39, 0.29) is 11.6 Å². The largest absolute Gasteiger partial charge is 0.478 e. The number of benzene rings is 1. The van der Waals surface area contributed by atoms with Gasteiger partial charge in [-0.1, -0.05) is 23.7 Å². The van der Waals surface area contributed by atoms with Gasteiger partial charge in [-0.3, -0.25) is 4.98 Å². The molecule has 5 heteroatoms. The van der Waals surface area contributed by atoms with Gasteiger partial charge in [0.2, 0.25) is 0 Å². The predicted octanol–water partition coefficient (Wildman–Crippen LogP) is 3.63. The van der Waals surface area contributed by atoms with Crippen LogP contribution in [0.4, 0.5) is 5.69 Å². The lowest BCUT2D eigenvalue weighted by atomic mass is 10.1. The summed E-state index contributed by atoms with van der Waals surface area (Å²) in [6.07, 6.45) is 2.95. The maximum absolute atomic E-state index is 11.3. The molecule has 1 atom stereocenters. The minimum atomic E-state index is -0.988. The van der Waals surface area contributed by atoms with Crippen LogP contribution in [0.3, 0.4) is 0 Å². The summed E-state index contributed by atoms with van der Waals surface area (Å²) >= 11 is 6.00. The molecule has 0 saturated carbocycles. The van der Waals surface area contributed by atoms with Gasteiger partial charge in [-0.25, -0.2) is 4.79 Å². The Morgan fingerprint density at radius 3 is 2.80 bits per heavy atom. The van der Waals surface area contributed by atoms with Gasteiger partial charge in [-0.05, 0) is 30.7 Å². The van der Waals surface area contributed by atoms with E-state index in [0.717, 1.165) is 5.56 Å². The van der Waals surface area contributed by atoms with Crippen molar-refractivity contribution >= 4 is 23.3 Å². The number of carboxylic acids is 1. The number of nitrogens with zero attached hydrogens (tertiary/aromatic N) is 2. The minimum Gasteiger partial charge on any atom is -0.478 e. The molecule has 1 heterocycles. The SMILES string of the molecule is CC(c1cccc(Cl)c1)N(C)c1ccncc1C(=O)O. The van der Waals surface area contributed by atoms with E-state index in [2.05, 4.69) is 4.98 Å². The third-order valence-electron chi connectivity index (χ3n) is 3.32. The van der Waals surface area contributed by atoms with Crippen LogP contribution in [-0.2, 0) is 0 Å². The Labute approximate surface area is 122 Å². The molecule has 0 radical (unpaired) electrons. The Kier molecular flexibility index (Phi) is 4.25. The highest BCUT2D eigenvalue weighted by Gasteiger charge is 2.18. The number of halogens is 1. The number of carboxylic acid groups (broad SMARTS) is 1. The van der Waals surface area contributed by atoms with E-state index >= 15 is 0 Å². The summed E-state index contributed by atoms with van der Waals surface area (Å²) in [7, 11) is 1.85. The zero-order valence-electron chi connectivity index (χ0n) is 11.2. The highest BCUT2D eigenvalue weighted by Crippen LogP contribution is 2.28. The maximum atomic E-state index is 11.3. The number of aromatic carboxylic acids is 1. The lowest BCUT2D eigenvalue weighted by Gasteiger charge is -2.28. The molecule has 1 N–H and O–H groups in total. The fourth-order valence-corrected chi connectivity index (χ4v) is 2.26. The molecule has 1 unspecified atom stereocenters. The molecule has 0 amide bonds. The second kappa shape index (κ2) is 5.92. The molecule has 0 spiro atoms. The fourth-order valence-electron chi connectivity index (χ4n) is 2.06. The quantitative estimate of drug-likeness (QED) is 0.934. The van der Waals surface area contributed by atoms with Crippen molar-refractivity contribution in [2.75, 3.05) is 11.9 Å². The smallest absolute Gasteiger partial charge is 0.339 e. The number of pyridine rings is 1. The summed E-state index contributed by atoms with van der Waals surface area (Å²) in [5.74, 6) is -0.988. The highest BCUT2D eigenvalue weighted by atomic mass is 35.5. The standard InChI is InChI=1S/C15H15ClN2O2/c1-10(11-4-3-5-12(16)8-11)18(2)14-6-7-17-9-13(14)15(19)20/h3-10H,1-2H3,(H,19,20). The summed E-state index contributed by atoms with van der Waals surface area (Å²) < 4.78 is 0. The molecular weight excluding hydrogens is 276 g/mol. The van der Waals surface area contributed by atoms with Crippen LogP contribution < -0.4 is 4.90 Å². The molecule has 0 fully saturated rings. The normalized spacial score (nSPS) is 11.9. The van der Waals surface area contributed by atoms with E-state index < -0.39 is 5.97 Å². The van der Waals surface area contributed by atoms with Crippen molar-refractivity contribution in [3.8, 4) is 0 Å². The lowest BCUT2D eigenvalue weighted by Crippen LogP contribution is -2.23. The summed E-state index contributed by atoms with van der Waals surface area (Å²) in [4.78, 5) is 17.0. The van der Waals surface area contributed by atoms with Gasteiger partial charge in [0.15, 0.2) is 0 Å². The van der Waals surface area contributed by atoms with E-state index in [4.69, 9.17) is 11.6 Å². The minimum absolute atomic E-state index is 0.00537. The van der Waals surface area contributed by atoms with Crippen molar-refractivity contribution in [2.24, 2.45) is 0 Å². The van der Waals surface area contributed by atoms with Crippen LogP contribution in [0.2, 0.25) is 5.02 Å². The summed E-state index contributed by atoms with van der Waals surface area (Å²) in [6.45, 7) is 2.00. The van der Waals surface area contributed by atoms with Crippen LogP contribution in [-0.4, -0.2) is 23.1 Å². The van der Waals surface area contributed by atoms with E-state index in [9.17, 15) is 9.90 Å². The first-order valence-electron chi connectivity index (χ1n) is 6.16. The van der Waals surface area contributed by atoms with E-state index in [1.54, 1.807) is 12.3 Å². The van der Waals surface area contributed by atoms with Gasteiger partial charge in [0, 0.05) is 24.5 Å². The molecule has 20 heavy (non-hydrogen) atoms. The van der Waals surface area contributed by atoms with Gasteiger partial charge in [-0.15, -0.1) is 0 Å². The van der Waals surface area contributed by atoms with Gasteiger partial charge < -0.3 is 10.0 Å².